The van der Waals surface area contributed by atoms with Crippen LogP contribution in [0, 0.1) is 0 Å². The lowest BCUT2D eigenvalue weighted by atomic mass is 10.1. The van der Waals surface area contributed by atoms with E-state index in [4.69, 9.17) is 10.8 Å². The third-order valence-corrected chi connectivity index (χ3v) is 3.46. The Hall–Kier alpha value is -2.64. The van der Waals surface area contributed by atoms with Gasteiger partial charge in [-0.05, 0) is 32.1 Å². The zero-order chi connectivity index (χ0) is 17.5. The maximum atomic E-state index is 9.56. The monoisotopic (exact) mass is 329 g/mol. The molecule has 2 aromatic heterocycles. The lowest BCUT2D eigenvalue weighted by Gasteiger charge is -2.12. The van der Waals surface area contributed by atoms with Gasteiger partial charge in [-0.1, -0.05) is 6.08 Å². The summed E-state index contributed by atoms with van der Waals surface area (Å²) in [7, 11) is 0. The molecule has 0 saturated carbocycles. The van der Waals surface area contributed by atoms with Gasteiger partial charge in [-0.3, -0.25) is 0 Å². The van der Waals surface area contributed by atoms with Gasteiger partial charge < -0.3 is 26.2 Å². The highest BCUT2D eigenvalue weighted by atomic mass is 16.3. The second kappa shape index (κ2) is 8.28. The van der Waals surface area contributed by atoms with Gasteiger partial charge in [0.15, 0.2) is 0 Å². The van der Waals surface area contributed by atoms with Crippen molar-refractivity contribution < 1.29 is 10.2 Å². The van der Waals surface area contributed by atoms with Crippen molar-refractivity contribution in [1.82, 2.24) is 9.97 Å². The third-order valence-electron chi connectivity index (χ3n) is 3.46. The summed E-state index contributed by atoms with van der Waals surface area (Å²) >= 11 is 0. The predicted molar refractivity (Wildman–Crippen MR) is 97.0 cm³/mol. The van der Waals surface area contributed by atoms with E-state index in [2.05, 4.69) is 20.3 Å². The topological polar surface area (TPSA) is 120 Å². The Labute approximate surface area is 140 Å². The van der Waals surface area contributed by atoms with E-state index >= 15 is 0 Å². The average Bonchev–Trinajstić information content (AvgIpc) is 3.03. The zero-order valence-corrected chi connectivity index (χ0v) is 13.8. The Morgan fingerprint density at radius 2 is 2.29 bits per heavy atom. The highest BCUT2D eigenvalue weighted by Gasteiger charge is 2.14. The number of hydrogen-bond donors (Lipinski definition) is 5. The van der Waals surface area contributed by atoms with Crippen molar-refractivity contribution in [3.05, 3.63) is 48.1 Å². The molecule has 0 aliphatic heterocycles. The molecular weight excluding hydrogens is 306 g/mol. The van der Waals surface area contributed by atoms with Gasteiger partial charge in [0.05, 0.1) is 23.8 Å². The Bertz CT molecular complexity index is 776. The fourth-order valence-electron chi connectivity index (χ4n) is 2.25. The minimum absolute atomic E-state index is 0.229. The van der Waals surface area contributed by atoms with Crippen LogP contribution in [-0.2, 0) is 0 Å². The summed E-state index contributed by atoms with van der Waals surface area (Å²) in [5.41, 5.74) is 8.89. The van der Waals surface area contributed by atoms with Crippen LogP contribution in [0.1, 0.15) is 19.4 Å². The van der Waals surface area contributed by atoms with Gasteiger partial charge in [-0.15, -0.1) is 0 Å². The van der Waals surface area contributed by atoms with Crippen LogP contribution in [-0.4, -0.2) is 45.1 Å². The Kier molecular flexibility index (Phi) is 6.11. The molecule has 1 unspecified atom stereocenters. The zero-order valence-electron chi connectivity index (χ0n) is 13.8. The molecule has 0 aliphatic carbocycles. The van der Waals surface area contributed by atoms with Crippen LogP contribution < -0.4 is 11.1 Å². The van der Waals surface area contributed by atoms with Crippen molar-refractivity contribution in [2.45, 2.75) is 20.0 Å². The number of aromatic nitrogens is 2. The van der Waals surface area contributed by atoms with E-state index in [-0.39, 0.29) is 13.2 Å². The van der Waals surface area contributed by atoms with E-state index in [1.807, 2.05) is 38.3 Å². The first-order valence-electron chi connectivity index (χ1n) is 7.73. The molecule has 24 heavy (non-hydrogen) atoms. The standard InChI is InChI=1S/C17H23N5O2/c1-3-5-13(22-15(18)4-2)12-9-21-17-16(12)14(6-7-19-17)20-8-11(24)10-23/h3-7,9,11,23-24H,8,10,18H2,1-2H3,(H2,19,20,21)/b5-3-,15-4+,22-13+. The van der Waals surface area contributed by atoms with E-state index < -0.39 is 6.10 Å². The molecule has 2 aromatic rings. The fourth-order valence-corrected chi connectivity index (χ4v) is 2.25. The second-order valence-electron chi connectivity index (χ2n) is 5.21. The fraction of sp³-hybridized carbons (Fsp3) is 0.294. The number of aromatic amines is 1. The largest absolute Gasteiger partial charge is 0.394 e. The van der Waals surface area contributed by atoms with E-state index in [0.717, 1.165) is 16.6 Å². The van der Waals surface area contributed by atoms with E-state index in [1.165, 1.54) is 0 Å². The van der Waals surface area contributed by atoms with Gasteiger partial charge in [0, 0.05) is 30.2 Å². The van der Waals surface area contributed by atoms with E-state index in [1.54, 1.807) is 12.3 Å². The molecule has 7 heteroatoms. The van der Waals surface area contributed by atoms with Crippen molar-refractivity contribution in [3.8, 4) is 0 Å². The molecular formula is C17H23N5O2. The summed E-state index contributed by atoms with van der Waals surface area (Å²) in [5.74, 6) is 0.423. The first kappa shape index (κ1) is 17.7. The van der Waals surface area contributed by atoms with Crippen LogP contribution in [0.25, 0.3) is 11.0 Å². The lowest BCUT2D eigenvalue weighted by molar-refractivity contribution is 0.105. The summed E-state index contributed by atoms with van der Waals surface area (Å²) in [6.45, 7) is 3.66. The molecule has 1 atom stereocenters. The van der Waals surface area contributed by atoms with Gasteiger partial charge in [0.25, 0.3) is 0 Å². The average molecular weight is 329 g/mol. The predicted octanol–water partition coefficient (Wildman–Crippen LogP) is 1.51. The molecule has 0 aliphatic rings. The first-order chi connectivity index (χ1) is 11.6. The molecule has 2 heterocycles. The molecule has 0 radical (unpaired) electrons. The van der Waals surface area contributed by atoms with Gasteiger partial charge in [0.1, 0.15) is 11.5 Å². The number of aliphatic hydroxyl groups is 2. The smallest absolute Gasteiger partial charge is 0.140 e. The molecule has 6 N–H and O–H groups in total. The molecule has 7 nitrogen and oxygen atoms in total. The summed E-state index contributed by atoms with van der Waals surface area (Å²) in [6.07, 6.45) is 8.15. The number of fused-ring (bicyclic) bond motifs is 1. The van der Waals surface area contributed by atoms with Crippen molar-refractivity contribution in [3.63, 3.8) is 0 Å². The number of aliphatic imine (C=N–C) groups is 1. The third kappa shape index (κ3) is 4.01. The summed E-state index contributed by atoms with van der Waals surface area (Å²) in [6, 6.07) is 1.82. The number of H-pyrrole nitrogens is 1. The van der Waals surface area contributed by atoms with Crippen molar-refractivity contribution in [2.75, 3.05) is 18.5 Å². The number of aliphatic hydroxyl groups excluding tert-OH is 2. The van der Waals surface area contributed by atoms with Crippen LogP contribution in [0.3, 0.4) is 0 Å². The summed E-state index contributed by atoms with van der Waals surface area (Å²) < 4.78 is 0. The Morgan fingerprint density at radius 1 is 1.50 bits per heavy atom. The first-order valence-corrected chi connectivity index (χ1v) is 7.73. The number of nitrogens with two attached hydrogens (primary N) is 1. The molecule has 0 saturated heterocycles. The van der Waals surface area contributed by atoms with E-state index in [0.29, 0.717) is 17.2 Å². The number of anilines is 1. The number of rotatable bonds is 7. The lowest BCUT2D eigenvalue weighted by Crippen LogP contribution is -2.23. The van der Waals surface area contributed by atoms with Crippen molar-refractivity contribution in [1.29, 1.82) is 0 Å². The van der Waals surface area contributed by atoms with Crippen molar-refractivity contribution in [2.24, 2.45) is 10.7 Å². The maximum Gasteiger partial charge on any atom is 0.140 e. The van der Waals surface area contributed by atoms with E-state index in [9.17, 15) is 5.11 Å². The normalized spacial score (nSPS) is 14.5. The van der Waals surface area contributed by atoms with Crippen LogP contribution in [0.15, 0.2) is 47.5 Å². The molecule has 0 bridgehead atoms. The summed E-state index contributed by atoms with van der Waals surface area (Å²) in [4.78, 5) is 11.9. The SMILES string of the molecule is C\C=C/C(=N\C(N)=C\C)c1c[nH]c2nccc(NCC(O)CO)c12. The number of nitrogens with one attached hydrogen (secondary N) is 2. The number of hydrogen-bond acceptors (Lipinski definition) is 6. The molecule has 2 rings (SSSR count). The molecule has 0 amide bonds. The molecule has 128 valence electrons. The molecule has 0 spiro atoms. The molecule has 0 fully saturated rings. The Morgan fingerprint density at radius 3 is 2.96 bits per heavy atom. The highest BCUT2D eigenvalue weighted by Crippen LogP contribution is 2.26. The summed E-state index contributed by atoms with van der Waals surface area (Å²) in [5, 5.41) is 22.5. The van der Waals surface area contributed by atoms with Crippen LogP contribution in [0.2, 0.25) is 0 Å². The minimum Gasteiger partial charge on any atom is -0.394 e. The highest BCUT2D eigenvalue weighted by molar-refractivity contribution is 6.18. The van der Waals surface area contributed by atoms with Crippen molar-refractivity contribution >= 4 is 22.4 Å². The van der Waals surface area contributed by atoms with Crippen LogP contribution in [0.4, 0.5) is 5.69 Å². The molecule has 0 aromatic carbocycles. The Balaban J connectivity index is 2.52. The van der Waals surface area contributed by atoms with Gasteiger partial charge in [0.2, 0.25) is 0 Å². The van der Waals surface area contributed by atoms with Crippen LogP contribution >= 0.6 is 0 Å². The van der Waals surface area contributed by atoms with Gasteiger partial charge in [-0.25, -0.2) is 9.98 Å². The minimum atomic E-state index is -0.835. The second-order valence-corrected chi connectivity index (χ2v) is 5.21. The number of pyridine rings is 1. The van der Waals surface area contributed by atoms with Gasteiger partial charge in [-0.2, -0.15) is 0 Å². The number of nitrogens with zero attached hydrogens (tertiary/aromatic N) is 2. The van der Waals surface area contributed by atoms with Gasteiger partial charge >= 0.3 is 0 Å². The quantitative estimate of drug-likeness (QED) is 0.493. The number of allylic oxidation sites excluding steroid dienone is 3. The maximum absolute atomic E-state index is 9.56. The van der Waals surface area contributed by atoms with Crippen LogP contribution in [0.5, 0.6) is 0 Å².